The molecule has 0 saturated heterocycles. The number of nitrogens with one attached hydrogen (secondary N) is 1. The highest BCUT2D eigenvalue weighted by Crippen LogP contribution is 2.26. The summed E-state index contributed by atoms with van der Waals surface area (Å²) in [5.74, 6) is -1.53. The van der Waals surface area contributed by atoms with Gasteiger partial charge in [-0.15, -0.1) is 0 Å². The van der Waals surface area contributed by atoms with Crippen LogP contribution in [0.3, 0.4) is 0 Å². The van der Waals surface area contributed by atoms with Gasteiger partial charge in [-0.3, -0.25) is 9.59 Å². The molecule has 1 atom stereocenters. The minimum absolute atomic E-state index is 0.0970. The Balaban J connectivity index is 1.74. The summed E-state index contributed by atoms with van der Waals surface area (Å²) in [6, 6.07) is 19.5. The number of primary amides is 1. The van der Waals surface area contributed by atoms with Gasteiger partial charge in [0, 0.05) is 17.2 Å². The molecular formula is C23H18FN3O2. The minimum atomic E-state index is -0.977. The number of amides is 2. The van der Waals surface area contributed by atoms with Crippen LogP contribution < -0.4 is 11.1 Å². The van der Waals surface area contributed by atoms with E-state index < -0.39 is 23.7 Å². The predicted octanol–water partition coefficient (Wildman–Crippen LogP) is 3.35. The van der Waals surface area contributed by atoms with Crippen molar-refractivity contribution in [2.75, 3.05) is 0 Å². The lowest BCUT2D eigenvalue weighted by Gasteiger charge is -2.17. The average Bonchev–Trinajstić information content (AvgIpc) is 2.71. The third kappa shape index (κ3) is 3.78. The van der Waals surface area contributed by atoms with Crippen molar-refractivity contribution < 1.29 is 14.0 Å². The number of rotatable bonds is 5. The lowest BCUT2D eigenvalue weighted by molar-refractivity contribution is -0.119. The van der Waals surface area contributed by atoms with Crippen LogP contribution in [0, 0.1) is 5.82 Å². The van der Waals surface area contributed by atoms with Crippen molar-refractivity contribution in [2.45, 2.75) is 12.5 Å². The van der Waals surface area contributed by atoms with Gasteiger partial charge in [-0.25, -0.2) is 9.37 Å². The second-order valence-electron chi connectivity index (χ2n) is 6.78. The topological polar surface area (TPSA) is 85.1 Å². The third-order valence-corrected chi connectivity index (χ3v) is 4.79. The number of benzene rings is 3. The molecule has 0 saturated carbocycles. The number of carbonyl (C=O) groups is 2. The molecule has 0 radical (unpaired) electrons. The Labute approximate surface area is 166 Å². The van der Waals surface area contributed by atoms with Crippen LogP contribution in [0.25, 0.3) is 21.8 Å². The van der Waals surface area contributed by atoms with Crippen LogP contribution in [0.15, 0.2) is 72.8 Å². The van der Waals surface area contributed by atoms with Gasteiger partial charge in [0.05, 0.1) is 16.6 Å². The molecule has 29 heavy (non-hydrogen) atoms. The summed E-state index contributed by atoms with van der Waals surface area (Å²) >= 11 is 0. The summed E-state index contributed by atoms with van der Waals surface area (Å²) in [6.07, 6.45) is 0.0970. The van der Waals surface area contributed by atoms with Crippen molar-refractivity contribution in [2.24, 2.45) is 5.73 Å². The summed E-state index contributed by atoms with van der Waals surface area (Å²) in [6.45, 7) is 0. The molecule has 144 valence electrons. The molecule has 0 unspecified atom stereocenters. The first-order valence-corrected chi connectivity index (χ1v) is 9.15. The van der Waals surface area contributed by atoms with Gasteiger partial charge in [0.1, 0.15) is 11.9 Å². The lowest BCUT2D eigenvalue weighted by atomic mass is 10.0. The lowest BCUT2D eigenvalue weighted by Crippen LogP contribution is -2.46. The molecule has 5 nitrogen and oxygen atoms in total. The van der Waals surface area contributed by atoms with Crippen LogP contribution in [0.2, 0.25) is 0 Å². The fourth-order valence-corrected chi connectivity index (χ4v) is 3.44. The number of aromatic nitrogens is 1. The van der Waals surface area contributed by atoms with E-state index in [-0.39, 0.29) is 6.42 Å². The van der Waals surface area contributed by atoms with Crippen molar-refractivity contribution in [3.63, 3.8) is 0 Å². The maximum absolute atomic E-state index is 13.5. The number of pyridine rings is 1. The van der Waals surface area contributed by atoms with E-state index in [0.717, 1.165) is 0 Å². The Bertz CT molecular complexity index is 1190. The number of nitrogens with zero attached hydrogens (tertiary/aromatic N) is 1. The van der Waals surface area contributed by atoms with E-state index in [1.807, 2.05) is 48.5 Å². The van der Waals surface area contributed by atoms with E-state index in [1.165, 1.54) is 12.1 Å². The molecule has 2 amide bonds. The van der Waals surface area contributed by atoms with E-state index in [9.17, 15) is 14.0 Å². The molecule has 3 aromatic carbocycles. The molecule has 0 aliphatic rings. The highest BCUT2D eigenvalue weighted by molar-refractivity contribution is 6.16. The van der Waals surface area contributed by atoms with E-state index in [1.54, 1.807) is 12.1 Å². The van der Waals surface area contributed by atoms with Gasteiger partial charge in [0.15, 0.2) is 0 Å². The van der Waals surface area contributed by atoms with Gasteiger partial charge in [0.25, 0.3) is 5.91 Å². The Hall–Kier alpha value is -3.80. The van der Waals surface area contributed by atoms with Crippen LogP contribution in [0.4, 0.5) is 4.39 Å². The summed E-state index contributed by atoms with van der Waals surface area (Å²) in [4.78, 5) is 29.8. The first-order chi connectivity index (χ1) is 14.0. The number of halogens is 1. The van der Waals surface area contributed by atoms with E-state index in [0.29, 0.717) is 32.9 Å². The number of para-hydroxylation sites is 2. The molecule has 0 fully saturated rings. The molecule has 0 bridgehead atoms. The van der Waals surface area contributed by atoms with Crippen molar-refractivity contribution in [1.29, 1.82) is 0 Å². The Morgan fingerprint density at radius 2 is 1.55 bits per heavy atom. The van der Waals surface area contributed by atoms with E-state index in [2.05, 4.69) is 10.3 Å². The number of fused-ring (bicyclic) bond motifs is 2. The standard InChI is InChI=1S/C23H18FN3O2/c24-15-7-5-6-14(12-15)13-20(22(25)28)27-23(29)21-16-8-1-3-10-18(16)26-19-11-4-2-9-17(19)21/h1-12,20H,13H2,(H2,25,28)(H,27,29)/t20-/m0/s1. The fraction of sp³-hybridized carbons (Fsp3) is 0.0870. The van der Waals surface area contributed by atoms with Crippen LogP contribution >= 0.6 is 0 Å². The van der Waals surface area contributed by atoms with Gasteiger partial charge in [-0.05, 0) is 29.8 Å². The molecule has 0 aliphatic heterocycles. The SMILES string of the molecule is NC(=O)[C@H](Cc1cccc(F)c1)NC(=O)c1c2ccccc2nc2ccccc12. The van der Waals surface area contributed by atoms with E-state index in [4.69, 9.17) is 5.73 Å². The fourth-order valence-electron chi connectivity index (χ4n) is 3.44. The van der Waals surface area contributed by atoms with Crippen LogP contribution in [-0.2, 0) is 11.2 Å². The Morgan fingerprint density at radius 1 is 0.931 bits per heavy atom. The first kappa shape index (κ1) is 18.6. The summed E-state index contributed by atoms with van der Waals surface area (Å²) in [5, 5.41) is 4.08. The van der Waals surface area contributed by atoms with Crippen molar-refractivity contribution in [3.8, 4) is 0 Å². The highest BCUT2D eigenvalue weighted by Gasteiger charge is 2.22. The Morgan fingerprint density at radius 3 is 2.14 bits per heavy atom. The zero-order valence-corrected chi connectivity index (χ0v) is 15.4. The molecule has 1 heterocycles. The quantitative estimate of drug-likeness (QED) is 0.515. The van der Waals surface area contributed by atoms with Gasteiger partial charge in [0.2, 0.25) is 5.91 Å². The number of carbonyl (C=O) groups excluding carboxylic acids is 2. The van der Waals surface area contributed by atoms with Crippen LogP contribution in [0.1, 0.15) is 15.9 Å². The second kappa shape index (κ2) is 7.67. The van der Waals surface area contributed by atoms with Crippen molar-refractivity contribution in [3.05, 3.63) is 89.7 Å². The molecule has 4 rings (SSSR count). The smallest absolute Gasteiger partial charge is 0.253 e. The summed E-state index contributed by atoms with van der Waals surface area (Å²) in [5.41, 5.74) is 7.87. The van der Waals surface area contributed by atoms with Gasteiger partial charge < -0.3 is 11.1 Å². The highest BCUT2D eigenvalue weighted by atomic mass is 19.1. The normalized spacial score (nSPS) is 12.0. The number of nitrogens with two attached hydrogens (primary N) is 1. The first-order valence-electron chi connectivity index (χ1n) is 9.15. The average molecular weight is 387 g/mol. The predicted molar refractivity (Wildman–Crippen MR) is 110 cm³/mol. The number of hydrogen-bond donors (Lipinski definition) is 2. The maximum atomic E-state index is 13.5. The second-order valence-corrected chi connectivity index (χ2v) is 6.78. The van der Waals surface area contributed by atoms with Crippen LogP contribution in [-0.4, -0.2) is 22.8 Å². The monoisotopic (exact) mass is 387 g/mol. The molecule has 0 aliphatic carbocycles. The molecule has 6 heteroatoms. The number of hydrogen-bond acceptors (Lipinski definition) is 3. The van der Waals surface area contributed by atoms with E-state index >= 15 is 0 Å². The molecule has 3 N–H and O–H groups in total. The van der Waals surface area contributed by atoms with Gasteiger partial charge in [-0.2, -0.15) is 0 Å². The minimum Gasteiger partial charge on any atom is -0.368 e. The zero-order chi connectivity index (χ0) is 20.4. The summed E-state index contributed by atoms with van der Waals surface area (Å²) in [7, 11) is 0. The third-order valence-electron chi connectivity index (χ3n) is 4.79. The van der Waals surface area contributed by atoms with Gasteiger partial charge >= 0.3 is 0 Å². The molecular weight excluding hydrogens is 369 g/mol. The maximum Gasteiger partial charge on any atom is 0.253 e. The van der Waals surface area contributed by atoms with Crippen molar-refractivity contribution in [1.82, 2.24) is 10.3 Å². The zero-order valence-electron chi connectivity index (χ0n) is 15.4. The summed E-state index contributed by atoms with van der Waals surface area (Å²) < 4.78 is 13.5. The van der Waals surface area contributed by atoms with Crippen LogP contribution in [0.5, 0.6) is 0 Å². The van der Waals surface area contributed by atoms with Crippen molar-refractivity contribution >= 4 is 33.6 Å². The molecule has 4 aromatic rings. The largest absolute Gasteiger partial charge is 0.368 e. The Kier molecular flexibility index (Phi) is 4.91. The molecule has 1 aromatic heterocycles. The molecule has 0 spiro atoms. The van der Waals surface area contributed by atoms with Gasteiger partial charge in [-0.1, -0.05) is 48.5 Å².